The van der Waals surface area contributed by atoms with E-state index in [1.54, 1.807) is 31.4 Å². The fourth-order valence-corrected chi connectivity index (χ4v) is 1.84. The van der Waals surface area contributed by atoms with Gasteiger partial charge in [0, 0.05) is 5.69 Å². The standard InChI is InChI=1S/C11H12N4O2S/c1-17-8-5-3-7(4-6-8)12-10(16)9-11(18-2)14-15-13-9/h3-6H,1-2H3,(H,12,16)(H,13,14,15). The van der Waals surface area contributed by atoms with Crippen molar-refractivity contribution in [3.05, 3.63) is 30.0 Å². The van der Waals surface area contributed by atoms with Gasteiger partial charge in [0.2, 0.25) is 0 Å². The summed E-state index contributed by atoms with van der Waals surface area (Å²) in [5.74, 6) is 0.442. The molecule has 0 aliphatic heterocycles. The number of nitrogens with zero attached hydrogens (tertiary/aromatic N) is 2. The fourth-order valence-electron chi connectivity index (χ4n) is 1.38. The number of H-pyrrole nitrogens is 1. The number of thioether (sulfide) groups is 1. The summed E-state index contributed by atoms with van der Waals surface area (Å²) in [4.78, 5) is 11.9. The second-order valence-electron chi connectivity index (χ2n) is 3.36. The molecule has 0 aliphatic rings. The molecule has 0 radical (unpaired) electrons. The predicted octanol–water partition coefficient (Wildman–Crippen LogP) is 1.79. The number of hydrogen-bond donors (Lipinski definition) is 2. The smallest absolute Gasteiger partial charge is 0.279 e. The number of benzene rings is 1. The Bertz CT molecular complexity index is 538. The molecule has 0 atom stereocenters. The van der Waals surface area contributed by atoms with Crippen LogP contribution in [0, 0.1) is 0 Å². The Balaban J connectivity index is 2.11. The third-order valence-electron chi connectivity index (χ3n) is 2.27. The number of ether oxygens (including phenoxy) is 1. The van der Waals surface area contributed by atoms with E-state index in [-0.39, 0.29) is 5.91 Å². The lowest BCUT2D eigenvalue weighted by Gasteiger charge is -2.04. The molecule has 1 heterocycles. The third kappa shape index (κ3) is 2.62. The maximum Gasteiger partial charge on any atom is 0.279 e. The molecule has 0 saturated heterocycles. The topological polar surface area (TPSA) is 79.9 Å². The van der Waals surface area contributed by atoms with Gasteiger partial charge < -0.3 is 10.1 Å². The zero-order chi connectivity index (χ0) is 13.0. The molecule has 0 spiro atoms. The van der Waals surface area contributed by atoms with Crippen LogP contribution in [-0.4, -0.2) is 34.7 Å². The molecule has 0 aliphatic carbocycles. The average molecular weight is 264 g/mol. The van der Waals surface area contributed by atoms with Gasteiger partial charge in [0.15, 0.2) is 10.7 Å². The van der Waals surface area contributed by atoms with Crippen molar-refractivity contribution in [2.75, 3.05) is 18.7 Å². The first-order valence-corrected chi connectivity index (χ1v) is 6.37. The minimum absolute atomic E-state index is 0.290. The number of hydrogen-bond acceptors (Lipinski definition) is 5. The first-order chi connectivity index (χ1) is 8.74. The Labute approximate surface area is 108 Å². The van der Waals surface area contributed by atoms with Gasteiger partial charge >= 0.3 is 0 Å². The van der Waals surface area contributed by atoms with Crippen LogP contribution >= 0.6 is 11.8 Å². The lowest BCUT2D eigenvalue weighted by Crippen LogP contribution is -2.13. The minimum atomic E-state index is -0.293. The number of amides is 1. The Kier molecular flexibility index (Phi) is 3.83. The molecular weight excluding hydrogens is 252 g/mol. The summed E-state index contributed by atoms with van der Waals surface area (Å²) in [7, 11) is 1.59. The van der Waals surface area contributed by atoms with Crippen LogP contribution in [0.2, 0.25) is 0 Å². The normalized spacial score (nSPS) is 10.1. The maximum atomic E-state index is 11.9. The molecule has 7 heteroatoms. The van der Waals surface area contributed by atoms with E-state index in [4.69, 9.17) is 4.74 Å². The van der Waals surface area contributed by atoms with Crippen LogP contribution in [0.4, 0.5) is 5.69 Å². The van der Waals surface area contributed by atoms with Crippen molar-refractivity contribution >= 4 is 23.4 Å². The number of anilines is 1. The van der Waals surface area contributed by atoms with E-state index in [1.165, 1.54) is 11.8 Å². The summed E-state index contributed by atoms with van der Waals surface area (Å²) in [5.41, 5.74) is 0.967. The summed E-state index contributed by atoms with van der Waals surface area (Å²) < 4.78 is 5.04. The van der Waals surface area contributed by atoms with Gasteiger partial charge in [-0.1, -0.05) is 0 Å². The maximum absolute atomic E-state index is 11.9. The van der Waals surface area contributed by atoms with Crippen molar-refractivity contribution in [1.29, 1.82) is 0 Å². The van der Waals surface area contributed by atoms with Crippen molar-refractivity contribution in [2.45, 2.75) is 5.03 Å². The van der Waals surface area contributed by atoms with Gasteiger partial charge in [-0.2, -0.15) is 5.21 Å². The van der Waals surface area contributed by atoms with Crippen LogP contribution < -0.4 is 10.1 Å². The second-order valence-corrected chi connectivity index (χ2v) is 4.16. The van der Waals surface area contributed by atoms with E-state index in [9.17, 15) is 4.79 Å². The molecule has 2 N–H and O–H groups in total. The average Bonchev–Trinajstić information content (AvgIpc) is 2.88. The summed E-state index contributed by atoms with van der Waals surface area (Å²) >= 11 is 1.36. The number of carbonyl (C=O) groups excluding carboxylic acids is 1. The third-order valence-corrected chi connectivity index (χ3v) is 2.94. The highest BCUT2D eigenvalue weighted by atomic mass is 32.2. The molecule has 0 unspecified atom stereocenters. The Hall–Kier alpha value is -2.02. The molecule has 18 heavy (non-hydrogen) atoms. The van der Waals surface area contributed by atoms with Crippen LogP contribution in [0.5, 0.6) is 5.75 Å². The number of nitrogens with one attached hydrogen (secondary N) is 2. The molecule has 94 valence electrons. The molecule has 2 aromatic rings. The Morgan fingerprint density at radius 3 is 2.67 bits per heavy atom. The largest absolute Gasteiger partial charge is 0.497 e. The molecular formula is C11H12N4O2S. The van der Waals surface area contributed by atoms with Crippen LogP contribution in [0.25, 0.3) is 0 Å². The Morgan fingerprint density at radius 2 is 2.06 bits per heavy atom. The summed E-state index contributed by atoms with van der Waals surface area (Å²) in [6.45, 7) is 0. The highest BCUT2D eigenvalue weighted by Crippen LogP contribution is 2.18. The van der Waals surface area contributed by atoms with E-state index < -0.39 is 0 Å². The molecule has 1 aromatic carbocycles. The number of rotatable bonds is 4. The van der Waals surface area contributed by atoms with Gasteiger partial charge in [-0.15, -0.1) is 22.0 Å². The Morgan fingerprint density at radius 1 is 1.33 bits per heavy atom. The summed E-state index contributed by atoms with van der Waals surface area (Å²) in [5, 5.41) is 13.4. The number of aromatic amines is 1. The summed E-state index contributed by atoms with van der Waals surface area (Å²) in [6, 6.07) is 7.06. The zero-order valence-electron chi connectivity index (χ0n) is 9.93. The minimum Gasteiger partial charge on any atom is -0.497 e. The van der Waals surface area contributed by atoms with E-state index in [0.717, 1.165) is 5.75 Å². The van der Waals surface area contributed by atoms with E-state index >= 15 is 0 Å². The lowest BCUT2D eigenvalue weighted by molar-refractivity contribution is 0.101. The number of carbonyl (C=O) groups is 1. The van der Waals surface area contributed by atoms with E-state index in [0.29, 0.717) is 16.4 Å². The number of methoxy groups -OCH3 is 1. The number of aromatic nitrogens is 3. The van der Waals surface area contributed by atoms with Gasteiger partial charge in [0.1, 0.15) is 5.75 Å². The van der Waals surface area contributed by atoms with Crippen LogP contribution in [0.3, 0.4) is 0 Å². The highest BCUT2D eigenvalue weighted by Gasteiger charge is 2.15. The van der Waals surface area contributed by atoms with E-state index in [2.05, 4.69) is 20.7 Å². The first kappa shape index (κ1) is 12.4. The van der Waals surface area contributed by atoms with Crippen molar-refractivity contribution in [2.24, 2.45) is 0 Å². The quantitative estimate of drug-likeness (QED) is 0.823. The van der Waals surface area contributed by atoms with Crippen molar-refractivity contribution < 1.29 is 9.53 Å². The van der Waals surface area contributed by atoms with Crippen molar-refractivity contribution in [3.8, 4) is 5.75 Å². The van der Waals surface area contributed by atoms with E-state index in [1.807, 2.05) is 6.26 Å². The second kappa shape index (κ2) is 5.54. The van der Waals surface area contributed by atoms with Crippen molar-refractivity contribution in [3.63, 3.8) is 0 Å². The molecule has 2 rings (SSSR count). The van der Waals surface area contributed by atoms with Gasteiger partial charge in [0.05, 0.1) is 7.11 Å². The van der Waals surface area contributed by atoms with Gasteiger partial charge in [0.25, 0.3) is 5.91 Å². The predicted molar refractivity (Wildman–Crippen MR) is 69.1 cm³/mol. The first-order valence-electron chi connectivity index (χ1n) is 5.14. The summed E-state index contributed by atoms with van der Waals surface area (Å²) in [6.07, 6.45) is 1.84. The molecule has 0 saturated carbocycles. The monoisotopic (exact) mass is 264 g/mol. The van der Waals surface area contributed by atoms with Gasteiger partial charge in [-0.3, -0.25) is 4.79 Å². The molecule has 0 fully saturated rings. The van der Waals surface area contributed by atoms with Crippen LogP contribution in [0.1, 0.15) is 10.5 Å². The van der Waals surface area contributed by atoms with Gasteiger partial charge in [-0.25, -0.2) is 0 Å². The van der Waals surface area contributed by atoms with Crippen LogP contribution in [-0.2, 0) is 0 Å². The molecule has 1 aromatic heterocycles. The fraction of sp³-hybridized carbons (Fsp3) is 0.182. The lowest BCUT2D eigenvalue weighted by atomic mass is 10.3. The molecule has 1 amide bonds. The molecule has 0 bridgehead atoms. The SMILES string of the molecule is COc1ccc(NC(=O)c2n[nH]nc2SC)cc1. The highest BCUT2D eigenvalue weighted by molar-refractivity contribution is 7.98. The van der Waals surface area contributed by atoms with Crippen LogP contribution in [0.15, 0.2) is 29.3 Å². The van der Waals surface area contributed by atoms with Crippen molar-refractivity contribution in [1.82, 2.24) is 15.4 Å². The zero-order valence-corrected chi connectivity index (χ0v) is 10.7. The van der Waals surface area contributed by atoms with Gasteiger partial charge in [-0.05, 0) is 30.5 Å². The molecule has 6 nitrogen and oxygen atoms in total.